The van der Waals surface area contributed by atoms with Gasteiger partial charge >= 0.3 is 0 Å². The number of benzene rings is 2. The molecule has 4 nitrogen and oxygen atoms in total. The van der Waals surface area contributed by atoms with E-state index in [4.69, 9.17) is 0 Å². The molecule has 1 N–H and O–H groups in total. The highest BCUT2D eigenvalue weighted by atomic mass is 32.2. The minimum absolute atomic E-state index is 0.191. The van der Waals surface area contributed by atoms with Crippen molar-refractivity contribution in [3.63, 3.8) is 0 Å². The summed E-state index contributed by atoms with van der Waals surface area (Å²) in [5.41, 5.74) is 1.92. The fourth-order valence-electron chi connectivity index (χ4n) is 3.11. The van der Waals surface area contributed by atoms with Gasteiger partial charge in [-0.1, -0.05) is 66.6 Å². The van der Waals surface area contributed by atoms with E-state index in [2.05, 4.69) is 4.72 Å². The maximum absolute atomic E-state index is 12.7. The highest BCUT2D eigenvalue weighted by molar-refractivity contribution is 7.89. The standard InChI is InChI=1S/C19H21NO3S/c1-15-8-10-16(11-9-15)14-24(22,23)20-18(21)19(12-5-13-19)17-6-3-2-4-7-17/h2-4,6-11H,5,12-14H2,1H3,(H,20,21). The van der Waals surface area contributed by atoms with Gasteiger partial charge in [0, 0.05) is 0 Å². The van der Waals surface area contributed by atoms with E-state index < -0.39 is 21.3 Å². The van der Waals surface area contributed by atoms with Crippen LogP contribution in [-0.4, -0.2) is 14.3 Å². The lowest BCUT2D eigenvalue weighted by atomic mass is 9.64. The molecule has 3 rings (SSSR count). The summed E-state index contributed by atoms with van der Waals surface area (Å²) in [7, 11) is -3.71. The van der Waals surface area contributed by atoms with Gasteiger partial charge in [-0.3, -0.25) is 9.52 Å². The highest BCUT2D eigenvalue weighted by Gasteiger charge is 2.46. The van der Waals surface area contributed by atoms with Crippen molar-refractivity contribution in [2.45, 2.75) is 37.4 Å². The van der Waals surface area contributed by atoms with Crippen molar-refractivity contribution in [1.29, 1.82) is 0 Å². The van der Waals surface area contributed by atoms with Gasteiger partial charge in [0.25, 0.3) is 0 Å². The van der Waals surface area contributed by atoms with E-state index in [1.54, 1.807) is 12.1 Å². The third-order valence-corrected chi connectivity index (χ3v) is 5.90. The second-order valence-corrected chi connectivity index (χ2v) is 8.20. The molecule has 0 bridgehead atoms. The van der Waals surface area contributed by atoms with E-state index in [1.165, 1.54) is 0 Å². The Labute approximate surface area is 143 Å². The summed E-state index contributed by atoms with van der Waals surface area (Å²) in [6.07, 6.45) is 2.30. The fourth-order valence-corrected chi connectivity index (χ4v) is 4.29. The number of hydrogen-bond acceptors (Lipinski definition) is 3. The second-order valence-electron chi connectivity index (χ2n) is 6.48. The summed E-state index contributed by atoms with van der Waals surface area (Å²) in [5, 5.41) is 0. The number of amides is 1. The maximum atomic E-state index is 12.7. The van der Waals surface area contributed by atoms with Crippen LogP contribution >= 0.6 is 0 Å². The molecule has 24 heavy (non-hydrogen) atoms. The topological polar surface area (TPSA) is 63.2 Å². The summed E-state index contributed by atoms with van der Waals surface area (Å²) in [6.45, 7) is 1.94. The predicted molar refractivity (Wildman–Crippen MR) is 93.9 cm³/mol. The summed E-state index contributed by atoms with van der Waals surface area (Å²) < 4.78 is 27.1. The summed E-state index contributed by atoms with van der Waals surface area (Å²) >= 11 is 0. The van der Waals surface area contributed by atoms with Crippen LogP contribution in [0.4, 0.5) is 0 Å². The van der Waals surface area contributed by atoms with Gasteiger partial charge in [-0.2, -0.15) is 0 Å². The lowest BCUT2D eigenvalue weighted by molar-refractivity contribution is -0.128. The van der Waals surface area contributed by atoms with Gasteiger partial charge in [0.15, 0.2) is 0 Å². The number of carbonyl (C=O) groups excluding carboxylic acids is 1. The van der Waals surface area contributed by atoms with Crippen LogP contribution in [0.3, 0.4) is 0 Å². The summed E-state index contributed by atoms with van der Waals surface area (Å²) in [4.78, 5) is 12.7. The Balaban J connectivity index is 1.76. The van der Waals surface area contributed by atoms with E-state index in [0.717, 1.165) is 17.5 Å². The first-order valence-corrected chi connectivity index (χ1v) is 9.73. The molecular formula is C19H21NO3S. The highest BCUT2D eigenvalue weighted by Crippen LogP contribution is 2.44. The van der Waals surface area contributed by atoms with Crippen molar-refractivity contribution in [3.8, 4) is 0 Å². The number of sulfonamides is 1. The van der Waals surface area contributed by atoms with Crippen molar-refractivity contribution >= 4 is 15.9 Å². The molecule has 1 saturated carbocycles. The third-order valence-electron chi connectivity index (χ3n) is 4.69. The third kappa shape index (κ3) is 3.36. The Hall–Kier alpha value is -2.14. The van der Waals surface area contributed by atoms with Gasteiger partial charge in [-0.05, 0) is 30.9 Å². The zero-order chi connectivity index (χ0) is 17.2. The van der Waals surface area contributed by atoms with E-state index in [9.17, 15) is 13.2 Å². The quantitative estimate of drug-likeness (QED) is 0.907. The monoisotopic (exact) mass is 343 g/mol. The van der Waals surface area contributed by atoms with Gasteiger partial charge in [0.1, 0.15) is 0 Å². The molecule has 1 aliphatic carbocycles. The molecule has 5 heteroatoms. The van der Waals surface area contributed by atoms with Crippen molar-refractivity contribution in [3.05, 3.63) is 71.3 Å². The average Bonchev–Trinajstić information content (AvgIpc) is 2.49. The van der Waals surface area contributed by atoms with Gasteiger partial charge < -0.3 is 0 Å². The Morgan fingerprint density at radius 3 is 2.21 bits per heavy atom. The van der Waals surface area contributed by atoms with E-state index in [-0.39, 0.29) is 5.75 Å². The number of rotatable bonds is 5. The van der Waals surface area contributed by atoms with Crippen LogP contribution in [0.15, 0.2) is 54.6 Å². The normalized spacial score (nSPS) is 16.2. The van der Waals surface area contributed by atoms with E-state index in [1.807, 2.05) is 49.4 Å². The molecule has 0 radical (unpaired) electrons. The molecule has 126 valence electrons. The van der Waals surface area contributed by atoms with Crippen LogP contribution in [0, 0.1) is 6.92 Å². The first kappa shape index (κ1) is 16.7. The Kier molecular flexibility index (Phi) is 4.45. The predicted octanol–water partition coefficient (Wildman–Crippen LogP) is 3.06. The summed E-state index contributed by atoms with van der Waals surface area (Å²) in [5.74, 6) is -0.601. The first-order valence-electron chi connectivity index (χ1n) is 8.07. The Morgan fingerprint density at radius 2 is 1.67 bits per heavy atom. The molecule has 2 aromatic rings. The van der Waals surface area contributed by atoms with Crippen LogP contribution in [0.5, 0.6) is 0 Å². The molecule has 0 saturated heterocycles. The van der Waals surface area contributed by atoms with Crippen LogP contribution in [0.2, 0.25) is 0 Å². The molecule has 0 heterocycles. The van der Waals surface area contributed by atoms with Crippen molar-refractivity contribution in [1.82, 2.24) is 4.72 Å². The second kappa shape index (κ2) is 6.40. The van der Waals surface area contributed by atoms with Crippen LogP contribution in [0.25, 0.3) is 0 Å². The molecule has 0 unspecified atom stereocenters. The van der Waals surface area contributed by atoms with Crippen molar-refractivity contribution < 1.29 is 13.2 Å². The van der Waals surface area contributed by atoms with Gasteiger partial charge in [0.2, 0.25) is 15.9 Å². The molecule has 2 aromatic carbocycles. The van der Waals surface area contributed by atoms with Gasteiger partial charge in [0.05, 0.1) is 11.2 Å². The number of nitrogens with one attached hydrogen (secondary N) is 1. The largest absolute Gasteiger partial charge is 0.273 e. The van der Waals surface area contributed by atoms with Crippen LogP contribution < -0.4 is 4.72 Å². The maximum Gasteiger partial charge on any atom is 0.244 e. The minimum Gasteiger partial charge on any atom is -0.273 e. The molecule has 1 fully saturated rings. The molecule has 0 aliphatic heterocycles. The van der Waals surface area contributed by atoms with Gasteiger partial charge in [-0.15, -0.1) is 0 Å². The van der Waals surface area contributed by atoms with Crippen LogP contribution in [-0.2, 0) is 26.0 Å². The number of aryl methyl sites for hydroxylation is 1. The zero-order valence-electron chi connectivity index (χ0n) is 13.7. The lowest BCUT2D eigenvalue weighted by Crippen LogP contribution is -2.51. The first-order chi connectivity index (χ1) is 11.4. The minimum atomic E-state index is -3.71. The molecule has 1 aliphatic rings. The summed E-state index contributed by atoms with van der Waals surface area (Å²) in [6, 6.07) is 16.7. The van der Waals surface area contributed by atoms with Crippen LogP contribution in [0.1, 0.15) is 36.0 Å². The molecule has 0 aromatic heterocycles. The van der Waals surface area contributed by atoms with Crippen molar-refractivity contribution in [2.75, 3.05) is 0 Å². The molecular weight excluding hydrogens is 322 g/mol. The van der Waals surface area contributed by atoms with Crippen molar-refractivity contribution in [2.24, 2.45) is 0 Å². The molecule has 0 atom stereocenters. The SMILES string of the molecule is Cc1ccc(CS(=O)(=O)NC(=O)C2(c3ccccc3)CCC2)cc1. The zero-order valence-corrected chi connectivity index (χ0v) is 14.5. The van der Waals surface area contributed by atoms with E-state index in [0.29, 0.717) is 18.4 Å². The smallest absolute Gasteiger partial charge is 0.244 e. The Bertz CT molecular complexity index is 823. The van der Waals surface area contributed by atoms with Gasteiger partial charge in [-0.25, -0.2) is 8.42 Å². The van der Waals surface area contributed by atoms with E-state index >= 15 is 0 Å². The Morgan fingerprint density at radius 1 is 1.04 bits per heavy atom. The lowest BCUT2D eigenvalue weighted by Gasteiger charge is -2.40. The average molecular weight is 343 g/mol. The molecule has 0 spiro atoms. The number of hydrogen-bond donors (Lipinski definition) is 1. The molecule has 1 amide bonds. The fraction of sp³-hybridized carbons (Fsp3) is 0.316. The number of carbonyl (C=O) groups is 1.